The molecule has 0 aliphatic carbocycles. The van der Waals surface area contributed by atoms with E-state index in [4.69, 9.17) is 16.3 Å². The monoisotopic (exact) mass is 393 g/mol. The number of halogens is 2. The van der Waals surface area contributed by atoms with Crippen LogP contribution < -0.4 is 4.74 Å². The van der Waals surface area contributed by atoms with Crippen LogP contribution in [-0.4, -0.2) is 31.5 Å². The van der Waals surface area contributed by atoms with Crippen LogP contribution in [0, 0.1) is 0 Å². The second kappa shape index (κ2) is 6.54. The Morgan fingerprint density at radius 1 is 1.22 bits per heavy atom. The fraction of sp³-hybridized carbons (Fsp3) is 0.278. The van der Waals surface area contributed by atoms with Crippen molar-refractivity contribution in [1.82, 2.24) is 4.90 Å². The highest BCUT2D eigenvalue weighted by molar-refractivity contribution is 9.10. The van der Waals surface area contributed by atoms with Gasteiger partial charge in [-0.25, -0.2) is 0 Å². The van der Waals surface area contributed by atoms with E-state index >= 15 is 0 Å². The smallest absolute Gasteiger partial charge is 0.230 e. The summed E-state index contributed by atoms with van der Waals surface area (Å²) in [5.41, 5.74) is 1.97. The molecule has 1 heterocycles. The molecule has 120 valence electrons. The maximum absolute atomic E-state index is 12.8. The van der Waals surface area contributed by atoms with E-state index in [0.29, 0.717) is 17.3 Å². The number of hydrogen-bond acceptors (Lipinski definition) is 2. The van der Waals surface area contributed by atoms with Crippen LogP contribution in [0.25, 0.3) is 0 Å². The van der Waals surface area contributed by atoms with E-state index in [-0.39, 0.29) is 17.7 Å². The van der Waals surface area contributed by atoms with Crippen molar-refractivity contribution >= 4 is 33.4 Å². The third-order valence-electron chi connectivity index (χ3n) is 4.35. The lowest BCUT2D eigenvalue weighted by molar-refractivity contribution is -0.127. The highest BCUT2D eigenvalue weighted by Gasteiger charge is 2.42. The molecule has 0 radical (unpaired) electrons. The van der Waals surface area contributed by atoms with Gasteiger partial charge in [-0.15, -0.1) is 0 Å². The van der Waals surface area contributed by atoms with Crippen molar-refractivity contribution in [2.45, 2.75) is 11.8 Å². The number of rotatable bonds is 3. The molecule has 0 unspecified atom stereocenters. The van der Waals surface area contributed by atoms with Crippen molar-refractivity contribution in [3.63, 3.8) is 0 Å². The normalized spacial score (nSPS) is 20.9. The first kappa shape index (κ1) is 16.3. The number of carbonyl (C=O) groups excluding carboxylic acids is 1. The quantitative estimate of drug-likeness (QED) is 0.770. The van der Waals surface area contributed by atoms with Gasteiger partial charge in [0.1, 0.15) is 5.75 Å². The van der Waals surface area contributed by atoms with Crippen LogP contribution in [0.1, 0.15) is 23.0 Å². The Balaban J connectivity index is 2.13. The molecule has 3 nitrogen and oxygen atoms in total. The molecule has 0 saturated carbocycles. The average molecular weight is 395 g/mol. The summed E-state index contributed by atoms with van der Waals surface area (Å²) >= 11 is 9.78. The molecule has 0 spiro atoms. The summed E-state index contributed by atoms with van der Waals surface area (Å²) in [7, 11) is 3.45. The second-order valence-corrected chi connectivity index (χ2v) is 7.00. The SMILES string of the molecule is COc1ccc(Cl)cc1[C@@H]1C(=O)N(C)C[C@H]1c1ccccc1Br. The maximum Gasteiger partial charge on any atom is 0.230 e. The number of methoxy groups -OCH3 is 1. The molecule has 3 rings (SSSR count). The number of benzene rings is 2. The lowest BCUT2D eigenvalue weighted by atomic mass is 9.83. The van der Waals surface area contributed by atoms with Crippen molar-refractivity contribution < 1.29 is 9.53 Å². The van der Waals surface area contributed by atoms with Crippen molar-refractivity contribution in [2.75, 3.05) is 20.7 Å². The van der Waals surface area contributed by atoms with Gasteiger partial charge in [-0.05, 0) is 29.8 Å². The lowest BCUT2D eigenvalue weighted by Crippen LogP contribution is -2.21. The molecule has 1 fully saturated rings. The molecular formula is C18H17BrClNO2. The predicted octanol–water partition coefficient (Wildman–Crippen LogP) is 4.45. The van der Waals surface area contributed by atoms with Crippen molar-refractivity contribution in [3.8, 4) is 5.75 Å². The standard InChI is InChI=1S/C18H17BrClNO2/c1-21-10-14(12-5-3-4-6-15(12)19)17(18(21)22)13-9-11(20)7-8-16(13)23-2/h3-9,14,17H,10H2,1-2H3/t14-,17-/m0/s1. The van der Waals surface area contributed by atoms with E-state index in [0.717, 1.165) is 15.6 Å². The topological polar surface area (TPSA) is 29.5 Å². The zero-order chi connectivity index (χ0) is 16.6. The molecule has 5 heteroatoms. The van der Waals surface area contributed by atoms with Gasteiger partial charge in [-0.3, -0.25) is 4.79 Å². The van der Waals surface area contributed by atoms with Crippen LogP contribution in [0.2, 0.25) is 5.02 Å². The minimum atomic E-state index is -0.299. The molecule has 2 atom stereocenters. The maximum atomic E-state index is 12.8. The Hall–Kier alpha value is -1.52. The van der Waals surface area contributed by atoms with Gasteiger partial charge in [0, 0.05) is 34.6 Å². The van der Waals surface area contributed by atoms with Crippen molar-refractivity contribution in [3.05, 3.63) is 63.1 Å². The minimum Gasteiger partial charge on any atom is -0.496 e. The van der Waals surface area contributed by atoms with Crippen LogP contribution >= 0.6 is 27.5 Å². The number of likely N-dealkylation sites (tertiary alicyclic amines) is 1. The molecule has 0 aromatic heterocycles. The molecule has 1 saturated heterocycles. The lowest BCUT2D eigenvalue weighted by Gasteiger charge is -2.21. The van der Waals surface area contributed by atoms with Gasteiger partial charge >= 0.3 is 0 Å². The number of likely N-dealkylation sites (N-methyl/N-ethyl adjacent to an activating group) is 1. The number of carbonyl (C=O) groups is 1. The summed E-state index contributed by atoms with van der Waals surface area (Å²) in [6, 6.07) is 13.5. The van der Waals surface area contributed by atoms with Gasteiger partial charge in [-0.1, -0.05) is 45.7 Å². The van der Waals surface area contributed by atoms with E-state index in [1.54, 1.807) is 18.1 Å². The second-order valence-electron chi connectivity index (χ2n) is 5.71. The van der Waals surface area contributed by atoms with Crippen molar-refractivity contribution in [2.24, 2.45) is 0 Å². The highest BCUT2D eigenvalue weighted by Crippen LogP contribution is 2.45. The first-order valence-electron chi connectivity index (χ1n) is 7.35. The fourth-order valence-corrected chi connectivity index (χ4v) is 4.01. The zero-order valence-corrected chi connectivity index (χ0v) is 15.3. The number of amides is 1. The minimum absolute atomic E-state index is 0.0513. The summed E-state index contributed by atoms with van der Waals surface area (Å²) in [6.45, 7) is 0.668. The highest BCUT2D eigenvalue weighted by atomic mass is 79.9. The summed E-state index contributed by atoms with van der Waals surface area (Å²) < 4.78 is 6.48. The zero-order valence-electron chi connectivity index (χ0n) is 12.9. The molecular weight excluding hydrogens is 378 g/mol. The third-order valence-corrected chi connectivity index (χ3v) is 5.30. The number of ether oxygens (including phenoxy) is 1. The van der Waals surface area contributed by atoms with Gasteiger partial charge in [0.2, 0.25) is 5.91 Å². The van der Waals surface area contributed by atoms with Crippen LogP contribution in [0.4, 0.5) is 0 Å². The molecule has 1 aliphatic rings. The average Bonchev–Trinajstić information content (AvgIpc) is 2.83. The summed E-state index contributed by atoms with van der Waals surface area (Å²) in [4.78, 5) is 14.6. The molecule has 23 heavy (non-hydrogen) atoms. The van der Waals surface area contributed by atoms with Crippen LogP contribution in [-0.2, 0) is 4.79 Å². The Labute approximate surface area is 149 Å². The van der Waals surface area contributed by atoms with Gasteiger partial charge in [0.15, 0.2) is 0 Å². The summed E-state index contributed by atoms with van der Waals surface area (Å²) in [5, 5.41) is 0.606. The van der Waals surface area contributed by atoms with E-state index in [1.807, 2.05) is 37.4 Å². The van der Waals surface area contributed by atoms with Gasteiger partial charge in [0.05, 0.1) is 13.0 Å². The first-order valence-corrected chi connectivity index (χ1v) is 8.53. The molecule has 1 aliphatic heterocycles. The largest absolute Gasteiger partial charge is 0.496 e. The van der Waals surface area contributed by atoms with Crippen LogP contribution in [0.3, 0.4) is 0 Å². The van der Waals surface area contributed by atoms with Gasteiger partial charge in [0.25, 0.3) is 0 Å². The molecule has 0 bridgehead atoms. The summed E-state index contributed by atoms with van der Waals surface area (Å²) in [5.74, 6) is 0.536. The fourth-order valence-electron chi connectivity index (χ4n) is 3.25. The van der Waals surface area contributed by atoms with Crippen LogP contribution in [0.15, 0.2) is 46.9 Å². The third kappa shape index (κ3) is 2.98. The molecule has 1 amide bonds. The Morgan fingerprint density at radius 3 is 2.65 bits per heavy atom. The van der Waals surface area contributed by atoms with Gasteiger partial charge < -0.3 is 9.64 Å². The van der Waals surface area contributed by atoms with E-state index < -0.39 is 0 Å². The van der Waals surface area contributed by atoms with Gasteiger partial charge in [-0.2, -0.15) is 0 Å². The van der Waals surface area contributed by atoms with Crippen LogP contribution in [0.5, 0.6) is 5.75 Å². The van der Waals surface area contributed by atoms with Crippen molar-refractivity contribution in [1.29, 1.82) is 0 Å². The predicted molar refractivity (Wildman–Crippen MR) is 95.3 cm³/mol. The first-order chi connectivity index (χ1) is 11.0. The Bertz CT molecular complexity index is 750. The van der Waals surface area contributed by atoms with E-state index in [9.17, 15) is 4.79 Å². The van der Waals surface area contributed by atoms with E-state index in [2.05, 4.69) is 22.0 Å². The molecule has 2 aromatic carbocycles. The molecule has 2 aromatic rings. The Kier molecular flexibility index (Phi) is 4.64. The molecule has 0 N–H and O–H groups in total. The number of nitrogens with zero attached hydrogens (tertiary/aromatic N) is 1. The Morgan fingerprint density at radius 2 is 1.96 bits per heavy atom. The number of hydrogen-bond donors (Lipinski definition) is 0. The summed E-state index contributed by atoms with van der Waals surface area (Å²) in [6.07, 6.45) is 0. The van der Waals surface area contributed by atoms with E-state index in [1.165, 1.54) is 0 Å².